The lowest BCUT2D eigenvalue weighted by Gasteiger charge is -2.14. The molecular formula is C25H23N3O4S. The molecule has 0 aliphatic rings. The van der Waals surface area contributed by atoms with Crippen LogP contribution in [-0.4, -0.2) is 37.9 Å². The number of nitrogens with zero attached hydrogens (tertiary/aromatic N) is 2. The van der Waals surface area contributed by atoms with Crippen molar-refractivity contribution in [2.45, 2.75) is 6.92 Å². The van der Waals surface area contributed by atoms with Crippen LogP contribution in [0, 0.1) is 0 Å². The Balaban J connectivity index is 1.68. The summed E-state index contributed by atoms with van der Waals surface area (Å²) in [5, 5.41) is 7.07. The van der Waals surface area contributed by atoms with Crippen molar-refractivity contribution in [1.29, 1.82) is 0 Å². The first-order chi connectivity index (χ1) is 16.0. The number of thiophene rings is 1. The van der Waals surface area contributed by atoms with Crippen molar-refractivity contribution in [1.82, 2.24) is 10.4 Å². The highest BCUT2D eigenvalue weighted by Crippen LogP contribution is 2.38. The van der Waals surface area contributed by atoms with Gasteiger partial charge in [-0.2, -0.15) is 5.10 Å². The van der Waals surface area contributed by atoms with Gasteiger partial charge in [0.05, 0.1) is 48.7 Å². The van der Waals surface area contributed by atoms with E-state index in [2.05, 4.69) is 10.5 Å². The molecule has 0 spiro atoms. The van der Waals surface area contributed by atoms with Crippen LogP contribution in [0.1, 0.15) is 22.8 Å². The molecule has 0 atom stereocenters. The number of aromatic nitrogens is 1. The molecule has 0 saturated carbocycles. The summed E-state index contributed by atoms with van der Waals surface area (Å²) < 4.78 is 16.2. The third-order valence-corrected chi connectivity index (χ3v) is 6.03. The Hall–Kier alpha value is -3.91. The third kappa shape index (κ3) is 4.51. The molecule has 1 amide bonds. The quantitative estimate of drug-likeness (QED) is 0.304. The van der Waals surface area contributed by atoms with Crippen molar-refractivity contribution < 1.29 is 19.0 Å². The molecule has 0 aliphatic carbocycles. The molecule has 168 valence electrons. The molecule has 4 aromatic rings. The van der Waals surface area contributed by atoms with Crippen LogP contribution in [0.3, 0.4) is 0 Å². The average Bonchev–Trinajstić information content (AvgIpc) is 3.40. The number of hydrogen-bond acceptors (Lipinski definition) is 7. The number of carbonyl (C=O) groups is 1. The summed E-state index contributed by atoms with van der Waals surface area (Å²) >= 11 is 1.57. The average molecular weight is 462 g/mol. The Morgan fingerprint density at radius 2 is 1.70 bits per heavy atom. The predicted octanol–water partition coefficient (Wildman–Crippen LogP) is 5.14. The maximum atomic E-state index is 13.2. The summed E-state index contributed by atoms with van der Waals surface area (Å²) in [6.07, 6.45) is 0. The number of fused-ring (bicyclic) bond motifs is 1. The number of hydrogen-bond donors (Lipinski definition) is 1. The lowest BCUT2D eigenvalue weighted by Crippen LogP contribution is -2.20. The van der Waals surface area contributed by atoms with Crippen molar-refractivity contribution in [3.63, 3.8) is 0 Å². The highest BCUT2D eigenvalue weighted by Gasteiger charge is 2.16. The fraction of sp³-hybridized carbons (Fsp3) is 0.160. The first-order valence-corrected chi connectivity index (χ1v) is 11.0. The monoisotopic (exact) mass is 461 g/mol. The van der Waals surface area contributed by atoms with E-state index in [9.17, 15) is 4.79 Å². The zero-order valence-electron chi connectivity index (χ0n) is 18.7. The molecule has 0 unspecified atom stereocenters. The molecule has 8 heteroatoms. The summed E-state index contributed by atoms with van der Waals surface area (Å²) in [6, 6.07) is 16.9. The summed E-state index contributed by atoms with van der Waals surface area (Å²) in [5.74, 6) is 1.19. The van der Waals surface area contributed by atoms with Crippen molar-refractivity contribution in [2.75, 3.05) is 21.3 Å². The fourth-order valence-electron chi connectivity index (χ4n) is 3.46. The lowest BCUT2D eigenvalue weighted by atomic mass is 10.1. The van der Waals surface area contributed by atoms with E-state index in [0.29, 0.717) is 28.5 Å². The normalized spacial score (nSPS) is 11.3. The van der Waals surface area contributed by atoms with E-state index >= 15 is 0 Å². The van der Waals surface area contributed by atoms with Crippen LogP contribution in [-0.2, 0) is 0 Å². The van der Waals surface area contributed by atoms with Gasteiger partial charge in [0.25, 0.3) is 5.91 Å². The van der Waals surface area contributed by atoms with Gasteiger partial charge in [-0.25, -0.2) is 10.4 Å². The van der Waals surface area contributed by atoms with Crippen molar-refractivity contribution >= 4 is 33.9 Å². The summed E-state index contributed by atoms with van der Waals surface area (Å²) in [7, 11) is 4.65. The molecule has 7 nitrogen and oxygen atoms in total. The molecular weight excluding hydrogens is 438 g/mol. The van der Waals surface area contributed by atoms with Gasteiger partial charge >= 0.3 is 0 Å². The van der Waals surface area contributed by atoms with E-state index < -0.39 is 0 Å². The molecule has 1 N–H and O–H groups in total. The fourth-order valence-corrected chi connectivity index (χ4v) is 4.15. The maximum Gasteiger partial charge on any atom is 0.272 e. The van der Waals surface area contributed by atoms with E-state index in [0.717, 1.165) is 27.0 Å². The van der Waals surface area contributed by atoms with Gasteiger partial charge in [-0.05, 0) is 42.6 Å². The van der Waals surface area contributed by atoms with Crippen LogP contribution in [0.2, 0.25) is 0 Å². The summed E-state index contributed by atoms with van der Waals surface area (Å²) in [5.41, 5.74) is 5.99. The highest BCUT2D eigenvalue weighted by molar-refractivity contribution is 7.13. The number of para-hydroxylation sites is 1. The maximum absolute atomic E-state index is 13.2. The van der Waals surface area contributed by atoms with Crippen LogP contribution in [0.25, 0.3) is 21.5 Å². The molecule has 0 fully saturated rings. The van der Waals surface area contributed by atoms with Crippen LogP contribution >= 0.6 is 11.3 Å². The minimum Gasteiger partial charge on any atom is -0.493 e. The van der Waals surface area contributed by atoms with E-state index in [1.807, 2.05) is 41.8 Å². The molecule has 33 heavy (non-hydrogen) atoms. The second kappa shape index (κ2) is 9.70. The minimum absolute atomic E-state index is 0.321. The predicted molar refractivity (Wildman–Crippen MR) is 131 cm³/mol. The SMILES string of the molecule is COc1cc(/C(C)=N/NC(=O)c2cc(-c3cccs3)nc3ccccc23)cc(OC)c1OC. The largest absolute Gasteiger partial charge is 0.493 e. The van der Waals surface area contributed by atoms with E-state index in [-0.39, 0.29) is 5.91 Å². The van der Waals surface area contributed by atoms with Gasteiger partial charge in [0.15, 0.2) is 11.5 Å². The second-order valence-corrected chi connectivity index (χ2v) is 8.05. The third-order valence-electron chi connectivity index (χ3n) is 5.14. The number of pyridine rings is 1. The van der Waals surface area contributed by atoms with Crippen molar-refractivity contribution in [3.05, 3.63) is 71.1 Å². The standard InChI is InChI=1S/C25H23N3O4S/c1-15(16-12-21(30-2)24(32-4)22(13-16)31-3)27-28-25(29)18-14-20(23-10-7-11-33-23)26-19-9-6-5-8-17(18)19/h5-14H,1-4H3,(H,28,29)/b27-15+. The van der Waals surface area contributed by atoms with Gasteiger partial charge in [0.2, 0.25) is 5.75 Å². The van der Waals surface area contributed by atoms with Crippen LogP contribution in [0.4, 0.5) is 0 Å². The van der Waals surface area contributed by atoms with Crippen molar-refractivity contribution in [3.8, 4) is 27.8 Å². The number of benzene rings is 2. The Bertz CT molecular complexity index is 1310. The van der Waals surface area contributed by atoms with Gasteiger partial charge in [-0.3, -0.25) is 4.79 Å². The van der Waals surface area contributed by atoms with Gasteiger partial charge < -0.3 is 14.2 Å². The zero-order chi connectivity index (χ0) is 23.4. The Kier molecular flexibility index (Phi) is 6.55. The van der Waals surface area contributed by atoms with Gasteiger partial charge in [-0.1, -0.05) is 24.3 Å². The summed E-state index contributed by atoms with van der Waals surface area (Å²) in [6.45, 7) is 1.79. The van der Waals surface area contributed by atoms with Gasteiger partial charge in [0, 0.05) is 10.9 Å². The first-order valence-electron chi connectivity index (χ1n) is 10.1. The van der Waals surface area contributed by atoms with Crippen LogP contribution < -0.4 is 19.6 Å². The van der Waals surface area contributed by atoms with Crippen LogP contribution in [0.15, 0.2) is 65.1 Å². The number of rotatable bonds is 7. The lowest BCUT2D eigenvalue weighted by molar-refractivity contribution is 0.0956. The number of nitrogens with one attached hydrogen (secondary N) is 1. The molecule has 2 aromatic carbocycles. The number of ether oxygens (including phenoxy) is 3. The Morgan fingerprint density at radius 1 is 0.970 bits per heavy atom. The van der Waals surface area contributed by atoms with Crippen LogP contribution in [0.5, 0.6) is 17.2 Å². The number of hydrazone groups is 1. The highest BCUT2D eigenvalue weighted by atomic mass is 32.1. The Labute approximate surface area is 195 Å². The van der Waals surface area contributed by atoms with E-state index in [1.54, 1.807) is 57.8 Å². The molecule has 4 rings (SSSR count). The van der Waals surface area contributed by atoms with Crippen molar-refractivity contribution in [2.24, 2.45) is 5.10 Å². The topological polar surface area (TPSA) is 82.0 Å². The zero-order valence-corrected chi connectivity index (χ0v) is 19.5. The van der Waals surface area contributed by atoms with E-state index in [4.69, 9.17) is 19.2 Å². The number of methoxy groups -OCH3 is 3. The number of carbonyl (C=O) groups excluding carboxylic acids is 1. The smallest absolute Gasteiger partial charge is 0.272 e. The first kappa shape index (κ1) is 22.3. The molecule has 0 aliphatic heterocycles. The van der Waals surface area contributed by atoms with E-state index in [1.165, 1.54) is 0 Å². The summed E-state index contributed by atoms with van der Waals surface area (Å²) in [4.78, 5) is 18.9. The number of amides is 1. The van der Waals surface area contributed by atoms with Gasteiger partial charge in [-0.15, -0.1) is 11.3 Å². The molecule has 0 radical (unpaired) electrons. The molecule has 0 saturated heterocycles. The van der Waals surface area contributed by atoms with Gasteiger partial charge in [0.1, 0.15) is 0 Å². The molecule has 0 bridgehead atoms. The molecule has 2 aromatic heterocycles. The minimum atomic E-state index is -0.321. The second-order valence-electron chi connectivity index (χ2n) is 7.10. The molecule has 2 heterocycles. The Morgan fingerprint density at radius 3 is 2.33 bits per heavy atom.